The summed E-state index contributed by atoms with van der Waals surface area (Å²) in [4.78, 5) is 24.9. The minimum atomic E-state index is -0.876. The van der Waals surface area contributed by atoms with E-state index in [0.717, 1.165) is 12.8 Å². The maximum Gasteiger partial charge on any atom is 0.308 e. The summed E-state index contributed by atoms with van der Waals surface area (Å²) in [5.41, 5.74) is 0.500. The molecule has 1 N–H and O–H groups in total. The molecule has 6 nitrogen and oxygen atoms in total. The molecule has 2 rings (SSSR count). The van der Waals surface area contributed by atoms with Crippen LogP contribution < -0.4 is 0 Å². The van der Waals surface area contributed by atoms with E-state index in [2.05, 4.69) is 5.10 Å². The molecule has 1 saturated carbocycles. The summed E-state index contributed by atoms with van der Waals surface area (Å²) in [7, 11) is 1.71. The van der Waals surface area contributed by atoms with E-state index in [9.17, 15) is 9.59 Å². The highest BCUT2D eigenvalue weighted by atomic mass is 16.4. The summed E-state index contributed by atoms with van der Waals surface area (Å²) >= 11 is 0. The molecule has 1 aromatic rings. The topological polar surface area (TPSA) is 75.4 Å². The van der Waals surface area contributed by atoms with Gasteiger partial charge in [0, 0.05) is 25.8 Å². The van der Waals surface area contributed by atoms with Crippen molar-refractivity contribution in [1.82, 2.24) is 14.7 Å². The Hall–Kier alpha value is -1.85. The summed E-state index contributed by atoms with van der Waals surface area (Å²) in [5.74, 6) is -1.56. The Labute approximate surface area is 105 Å². The predicted octanol–water partition coefficient (Wildman–Crippen LogP) is 0.745. The molecule has 18 heavy (non-hydrogen) atoms. The smallest absolute Gasteiger partial charge is 0.308 e. The molecule has 0 aromatic carbocycles. The molecular formula is C12H17N3O3. The fourth-order valence-electron chi connectivity index (χ4n) is 1.89. The number of hydrogen-bond donors (Lipinski definition) is 1. The van der Waals surface area contributed by atoms with Gasteiger partial charge in [-0.05, 0) is 18.9 Å². The second-order valence-corrected chi connectivity index (χ2v) is 4.77. The Bertz CT molecular complexity index is 465. The van der Waals surface area contributed by atoms with Crippen LogP contribution in [0, 0.1) is 5.92 Å². The van der Waals surface area contributed by atoms with Gasteiger partial charge in [-0.3, -0.25) is 14.3 Å². The quantitative estimate of drug-likeness (QED) is 0.837. The molecule has 6 heteroatoms. The zero-order valence-corrected chi connectivity index (χ0v) is 10.5. The molecule has 1 aliphatic carbocycles. The van der Waals surface area contributed by atoms with E-state index in [0.29, 0.717) is 5.69 Å². The first-order valence-corrected chi connectivity index (χ1v) is 6.02. The van der Waals surface area contributed by atoms with Crippen LogP contribution in [0.1, 0.15) is 30.3 Å². The number of aromatic nitrogens is 2. The van der Waals surface area contributed by atoms with Gasteiger partial charge in [-0.15, -0.1) is 0 Å². The first kappa shape index (κ1) is 12.6. The van der Waals surface area contributed by atoms with Crippen LogP contribution in [0.5, 0.6) is 0 Å². The summed E-state index contributed by atoms with van der Waals surface area (Å²) in [6.07, 6.45) is 3.48. The highest BCUT2D eigenvalue weighted by molar-refractivity contribution is 5.93. The van der Waals surface area contributed by atoms with Crippen molar-refractivity contribution in [3.63, 3.8) is 0 Å². The van der Waals surface area contributed by atoms with Gasteiger partial charge in [-0.1, -0.05) is 6.92 Å². The third kappa shape index (κ3) is 2.52. The molecule has 1 atom stereocenters. The monoisotopic (exact) mass is 251 g/mol. The molecule has 1 aliphatic rings. The second kappa shape index (κ2) is 4.80. The number of carboxylic acids is 1. The number of carbonyl (C=O) groups excluding carboxylic acids is 1. The van der Waals surface area contributed by atoms with Crippen molar-refractivity contribution in [3.8, 4) is 0 Å². The van der Waals surface area contributed by atoms with Gasteiger partial charge in [0.25, 0.3) is 5.91 Å². The van der Waals surface area contributed by atoms with E-state index in [1.807, 2.05) is 0 Å². The molecule has 1 fully saturated rings. The van der Waals surface area contributed by atoms with Crippen LogP contribution in [0.15, 0.2) is 12.3 Å². The van der Waals surface area contributed by atoms with Gasteiger partial charge in [0.2, 0.25) is 0 Å². The van der Waals surface area contributed by atoms with Crippen LogP contribution in [0.4, 0.5) is 0 Å². The fraction of sp³-hybridized carbons (Fsp3) is 0.583. The number of amides is 1. The summed E-state index contributed by atoms with van der Waals surface area (Å²) in [6.45, 7) is 1.87. The number of rotatable bonds is 5. The van der Waals surface area contributed by atoms with Gasteiger partial charge in [-0.2, -0.15) is 5.10 Å². The third-order valence-electron chi connectivity index (χ3n) is 3.18. The summed E-state index contributed by atoms with van der Waals surface area (Å²) in [6, 6.07) is 1.84. The number of aliphatic carboxylic acids is 1. The lowest BCUT2D eigenvalue weighted by Crippen LogP contribution is -2.39. The first-order chi connectivity index (χ1) is 8.50. The normalized spacial score (nSPS) is 16.3. The van der Waals surface area contributed by atoms with Crippen molar-refractivity contribution in [2.24, 2.45) is 13.0 Å². The largest absolute Gasteiger partial charge is 0.481 e. The van der Waals surface area contributed by atoms with E-state index < -0.39 is 11.9 Å². The molecule has 0 saturated heterocycles. The second-order valence-electron chi connectivity index (χ2n) is 4.77. The molecule has 1 heterocycles. The molecule has 0 spiro atoms. The zero-order chi connectivity index (χ0) is 13.3. The maximum absolute atomic E-state index is 12.3. The van der Waals surface area contributed by atoms with Gasteiger partial charge in [0.1, 0.15) is 5.69 Å². The lowest BCUT2D eigenvalue weighted by Gasteiger charge is -2.24. The van der Waals surface area contributed by atoms with Gasteiger partial charge < -0.3 is 10.0 Å². The van der Waals surface area contributed by atoms with Gasteiger partial charge in [0.15, 0.2) is 0 Å². The van der Waals surface area contributed by atoms with E-state index >= 15 is 0 Å². The number of carbonyl (C=O) groups is 2. The van der Waals surface area contributed by atoms with Crippen molar-refractivity contribution >= 4 is 11.9 Å². The van der Waals surface area contributed by atoms with Crippen molar-refractivity contribution in [2.45, 2.75) is 25.8 Å². The Morgan fingerprint density at radius 3 is 2.72 bits per heavy atom. The molecule has 98 valence electrons. The molecule has 0 bridgehead atoms. The lowest BCUT2D eigenvalue weighted by atomic mass is 10.1. The molecular weight excluding hydrogens is 234 g/mol. The Balaban J connectivity index is 2.13. The van der Waals surface area contributed by atoms with Crippen molar-refractivity contribution in [3.05, 3.63) is 18.0 Å². The molecule has 1 aromatic heterocycles. The average molecular weight is 251 g/mol. The van der Waals surface area contributed by atoms with Crippen LogP contribution >= 0.6 is 0 Å². The molecule has 0 aliphatic heterocycles. The molecule has 1 unspecified atom stereocenters. The summed E-state index contributed by atoms with van der Waals surface area (Å²) in [5, 5.41) is 12.9. The zero-order valence-electron chi connectivity index (χ0n) is 10.5. The Morgan fingerprint density at radius 1 is 1.61 bits per heavy atom. The SMILES string of the molecule is CC(CN(C(=O)c1ccnn1C)C1CC1)C(=O)O. The van der Waals surface area contributed by atoms with Gasteiger partial charge in [0.05, 0.1) is 5.92 Å². The fourth-order valence-corrected chi connectivity index (χ4v) is 1.89. The highest BCUT2D eigenvalue weighted by Crippen LogP contribution is 2.29. The average Bonchev–Trinajstić information content (AvgIpc) is 3.07. The third-order valence-corrected chi connectivity index (χ3v) is 3.18. The first-order valence-electron chi connectivity index (χ1n) is 6.02. The van der Waals surface area contributed by atoms with Crippen molar-refractivity contribution in [1.29, 1.82) is 0 Å². The standard InChI is InChI=1S/C12H17N3O3/c1-8(12(17)18)7-15(9-3-4-9)11(16)10-5-6-13-14(10)2/h5-6,8-9H,3-4,7H2,1-2H3,(H,17,18). The highest BCUT2D eigenvalue weighted by Gasteiger charge is 2.35. The summed E-state index contributed by atoms with van der Waals surface area (Å²) < 4.78 is 1.52. The maximum atomic E-state index is 12.3. The van der Waals surface area contributed by atoms with Crippen LogP contribution in [0.3, 0.4) is 0 Å². The van der Waals surface area contributed by atoms with E-state index in [1.54, 1.807) is 31.1 Å². The number of hydrogen-bond acceptors (Lipinski definition) is 3. The van der Waals surface area contributed by atoms with Crippen LogP contribution in [-0.2, 0) is 11.8 Å². The van der Waals surface area contributed by atoms with Crippen LogP contribution in [0.2, 0.25) is 0 Å². The van der Waals surface area contributed by atoms with E-state index in [4.69, 9.17) is 5.11 Å². The number of carboxylic acid groups (broad SMARTS) is 1. The van der Waals surface area contributed by atoms with Crippen LogP contribution in [-0.4, -0.2) is 44.3 Å². The van der Waals surface area contributed by atoms with Crippen molar-refractivity contribution < 1.29 is 14.7 Å². The van der Waals surface area contributed by atoms with Crippen LogP contribution in [0.25, 0.3) is 0 Å². The lowest BCUT2D eigenvalue weighted by molar-refractivity contribution is -0.141. The van der Waals surface area contributed by atoms with Gasteiger partial charge >= 0.3 is 5.97 Å². The minimum absolute atomic E-state index is 0.134. The number of nitrogens with zero attached hydrogens (tertiary/aromatic N) is 3. The van der Waals surface area contributed by atoms with Gasteiger partial charge in [-0.25, -0.2) is 0 Å². The Morgan fingerprint density at radius 2 is 2.28 bits per heavy atom. The number of aryl methyl sites for hydroxylation is 1. The van der Waals surface area contributed by atoms with Crippen molar-refractivity contribution in [2.75, 3.05) is 6.54 Å². The Kier molecular flexibility index (Phi) is 3.36. The predicted molar refractivity (Wildman–Crippen MR) is 64.1 cm³/mol. The molecule has 0 radical (unpaired) electrons. The molecule has 1 amide bonds. The van der Waals surface area contributed by atoms with E-state index in [1.165, 1.54) is 4.68 Å². The van der Waals surface area contributed by atoms with E-state index in [-0.39, 0.29) is 18.5 Å². The minimum Gasteiger partial charge on any atom is -0.481 e.